The van der Waals surface area contributed by atoms with Crippen molar-refractivity contribution in [3.63, 3.8) is 0 Å². The summed E-state index contributed by atoms with van der Waals surface area (Å²) in [6.07, 6.45) is 1.11. The molecule has 1 heterocycles. The van der Waals surface area contributed by atoms with Crippen LogP contribution in [-0.2, 0) is 0 Å². The number of nitriles is 1. The quantitative estimate of drug-likeness (QED) is 0.862. The first-order chi connectivity index (χ1) is 8.52. The van der Waals surface area contributed by atoms with E-state index in [1.807, 2.05) is 4.98 Å². The van der Waals surface area contributed by atoms with Crippen LogP contribution in [0.1, 0.15) is 5.56 Å². The summed E-state index contributed by atoms with van der Waals surface area (Å²) in [5, 5.41) is 8.74. The van der Waals surface area contributed by atoms with E-state index in [1.54, 1.807) is 6.07 Å². The monoisotopic (exact) mass is 309 g/mol. The van der Waals surface area contributed by atoms with E-state index in [1.165, 1.54) is 18.2 Å². The van der Waals surface area contributed by atoms with Crippen LogP contribution >= 0.6 is 15.9 Å². The zero-order chi connectivity index (χ0) is 13.3. The summed E-state index contributed by atoms with van der Waals surface area (Å²) in [7, 11) is 0. The molecule has 0 aliphatic heterocycles. The van der Waals surface area contributed by atoms with Gasteiger partial charge in [0.25, 0.3) is 5.56 Å². The average molecular weight is 310 g/mol. The molecule has 5 nitrogen and oxygen atoms in total. The van der Waals surface area contributed by atoms with Gasteiger partial charge in [-0.1, -0.05) is 0 Å². The van der Waals surface area contributed by atoms with E-state index >= 15 is 0 Å². The molecule has 2 rings (SSSR count). The molecule has 0 atom stereocenters. The molecular formula is C11H5BrFN3O2. The summed E-state index contributed by atoms with van der Waals surface area (Å²) in [4.78, 5) is 24.9. The zero-order valence-corrected chi connectivity index (χ0v) is 10.4. The Kier molecular flexibility index (Phi) is 3.12. The summed E-state index contributed by atoms with van der Waals surface area (Å²) < 4.78 is 14.3. The molecule has 18 heavy (non-hydrogen) atoms. The minimum absolute atomic E-state index is 0.203. The summed E-state index contributed by atoms with van der Waals surface area (Å²) in [5.41, 5.74) is -1.33. The lowest BCUT2D eigenvalue weighted by Crippen LogP contribution is -2.30. The molecule has 0 aliphatic carbocycles. The van der Waals surface area contributed by atoms with E-state index in [-0.39, 0.29) is 5.56 Å². The van der Waals surface area contributed by atoms with Crippen molar-refractivity contribution in [1.82, 2.24) is 9.55 Å². The molecule has 1 aromatic carbocycles. The molecule has 0 radical (unpaired) electrons. The molecular weight excluding hydrogens is 305 g/mol. The van der Waals surface area contributed by atoms with Gasteiger partial charge in [0.1, 0.15) is 17.4 Å². The number of hydrogen-bond donors (Lipinski definition) is 1. The van der Waals surface area contributed by atoms with Gasteiger partial charge < -0.3 is 0 Å². The van der Waals surface area contributed by atoms with Crippen LogP contribution in [-0.4, -0.2) is 9.55 Å². The maximum absolute atomic E-state index is 12.9. The van der Waals surface area contributed by atoms with E-state index in [9.17, 15) is 14.0 Å². The van der Waals surface area contributed by atoms with Crippen LogP contribution in [0, 0.1) is 17.1 Å². The van der Waals surface area contributed by atoms with Crippen molar-refractivity contribution in [2.75, 3.05) is 0 Å². The van der Waals surface area contributed by atoms with E-state index in [2.05, 4.69) is 15.9 Å². The highest BCUT2D eigenvalue weighted by Gasteiger charge is 2.09. The lowest BCUT2D eigenvalue weighted by atomic mass is 10.3. The fraction of sp³-hybridized carbons (Fsp3) is 0. The van der Waals surface area contributed by atoms with Gasteiger partial charge in [-0.15, -0.1) is 0 Å². The van der Waals surface area contributed by atoms with Crippen molar-refractivity contribution in [2.45, 2.75) is 0 Å². The Morgan fingerprint density at radius 3 is 2.72 bits per heavy atom. The first-order valence-electron chi connectivity index (χ1n) is 4.74. The van der Waals surface area contributed by atoms with Gasteiger partial charge in [0, 0.05) is 10.7 Å². The molecule has 0 spiro atoms. The standard InChI is InChI=1S/C11H5BrFN3O2/c12-8-3-7(13)1-2-9(8)16-5-6(4-14)10(17)15-11(16)18/h1-3,5H,(H,15,17,18). The van der Waals surface area contributed by atoms with Gasteiger partial charge >= 0.3 is 5.69 Å². The predicted octanol–water partition coefficient (Wildman–Crippen LogP) is 1.30. The molecule has 0 fully saturated rings. The zero-order valence-electron chi connectivity index (χ0n) is 8.78. The number of halogens is 2. The predicted molar refractivity (Wildman–Crippen MR) is 65.0 cm³/mol. The SMILES string of the molecule is N#Cc1cn(-c2ccc(F)cc2Br)c(=O)[nH]c1=O. The molecule has 1 N–H and O–H groups in total. The van der Waals surface area contributed by atoms with E-state index in [4.69, 9.17) is 5.26 Å². The van der Waals surface area contributed by atoms with Gasteiger partial charge in [-0.05, 0) is 34.1 Å². The van der Waals surface area contributed by atoms with E-state index in [0.29, 0.717) is 10.2 Å². The number of nitrogens with one attached hydrogen (secondary N) is 1. The molecule has 0 amide bonds. The third kappa shape index (κ3) is 2.10. The largest absolute Gasteiger partial charge is 0.333 e. The van der Waals surface area contributed by atoms with Gasteiger partial charge in [-0.2, -0.15) is 5.26 Å². The number of rotatable bonds is 1. The normalized spacial score (nSPS) is 10.1. The van der Waals surface area contributed by atoms with Crippen molar-refractivity contribution >= 4 is 15.9 Å². The van der Waals surface area contributed by atoms with Crippen molar-refractivity contribution in [3.8, 4) is 11.8 Å². The maximum atomic E-state index is 12.9. The fourth-order valence-corrected chi connectivity index (χ4v) is 1.95. The molecule has 0 aliphatic rings. The molecule has 2 aromatic rings. The van der Waals surface area contributed by atoms with Gasteiger partial charge in [0.05, 0.1) is 5.69 Å². The molecule has 0 bridgehead atoms. The Labute approximate surface area is 108 Å². The van der Waals surface area contributed by atoms with Crippen LogP contribution in [0.2, 0.25) is 0 Å². The van der Waals surface area contributed by atoms with Crippen LogP contribution < -0.4 is 11.2 Å². The molecule has 0 saturated carbocycles. The maximum Gasteiger partial charge on any atom is 0.333 e. The van der Waals surface area contributed by atoms with Gasteiger partial charge in [-0.25, -0.2) is 9.18 Å². The average Bonchev–Trinajstić information content (AvgIpc) is 2.30. The van der Waals surface area contributed by atoms with Crippen LogP contribution in [0.15, 0.2) is 38.5 Å². The van der Waals surface area contributed by atoms with Crippen LogP contribution in [0.4, 0.5) is 4.39 Å². The smallest absolute Gasteiger partial charge is 0.273 e. The first-order valence-corrected chi connectivity index (χ1v) is 5.53. The Morgan fingerprint density at radius 1 is 1.39 bits per heavy atom. The summed E-state index contributed by atoms with van der Waals surface area (Å²) in [5.74, 6) is -0.469. The Balaban J connectivity index is 2.76. The third-order valence-corrected chi connectivity index (χ3v) is 2.87. The Hall–Kier alpha value is -2.20. The minimum atomic E-state index is -0.753. The minimum Gasteiger partial charge on any atom is -0.273 e. The summed E-state index contributed by atoms with van der Waals surface area (Å²) in [6, 6.07) is 5.38. The topological polar surface area (TPSA) is 78.7 Å². The van der Waals surface area contributed by atoms with Crippen LogP contribution in [0.25, 0.3) is 5.69 Å². The highest BCUT2D eigenvalue weighted by atomic mass is 79.9. The van der Waals surface area contributed by atoms with Crippen molar-refractivity contribution in [1.29, 1.82) is 5.26 Å². The number of aromatic amines is 1. The highest BCUT2D eigenvalue weighted by Crippen LogP contribution is 2.20. The van der Waals surface area contributed by atoms with Gasteiger partial charge in [-0.3, -0.25) is 14.3 Å². The number of hydrogen-bond acceptors (Lipinski definition) is 3. The number of aromatic nitrogens is 2. The second kappa shape index (κ2) is 4.58. The van der Waals surface area contributed by atoms with Crippen molar-refractivity contribution < 1.29 is 4.39 Å². The molecule has 7 heteroatoms. The van der Waals surface area contributed by atoms with Gasteiger partial charge in [0.15, 0.2) is 0 Å². The molecule has 0 saturated heterocycles. The number of benzene rings is 1. The number of nitrogens with zero attached hydrogens (tertiary/aromatic N) is 2. The summed E-state index contributed by atoms with van der Waals surface area (Å²) >= 11 is 3.11. The highest BCUT2D eigenvalue weighted by molar-refractivity contribution is 9.10. The van der Waals surface area contributed by atoms with Crippen LogP contribution in [0.3, 0.4) is 0 Å². The first kappa shape index (κ1) is 12.3. The summed E-state index contributed by atoms with van der Waals surface area (Å²) in [6.45, 7) is 0. The third-order valence-electron chi connectivity index (χ3n) is 2.23. The molecule has 90 valence electrons. The lowest BCUT2D eigenvalue weighted by molar-refractivity contribution is 0.626. The van der Waals surface area contributed by atoms with Gasteiger partial charge in [0.2, 0.25) is 0 Å². The Bertz CT molecular complexity index is 773. The Morgan fingerprint density at radius 2 is 2.11 bits per heavy atom. The fourth-order valence-electron chi connectivity index (χ4n) is 1.41. The van der Waals surface area contributed by atoms with Crippen molar-refractivity contribution in [3.05, 3.63) is 61.1 Å². The van der Waals surface area contributed by atoms with E-state index in [0.717, 1.165) is 10.8 Å². The number of H-pyrrole nitrogens is 1. The second-order valence-electron chi connectivity index (χ2n) is 3.38. The van der Waals surface area contributed by atoms with E-state index < -0.39 is 17.1 Å². The second-order valence-corrected chi connectivity index (χ2v) is 4.23. The van der Waals surface area contributed by atoms with Crippen LogP contribution in [0.5, 0.6) is 0 Å². The lowest BCUT2D eigenvalue weighted by Gasteiger charge is -2.07. The molecule has 1 aromatic heterocycles. The van der Waals surface area contributed by atoms with Crippen molar-refractivity contribution in [2.24, 2.45) is 0 Å². The molecule has 0 unspecified atom stereocenters.